The van der Waals surface area contributed by atoms with Gasteiger partial charge in [0, 0.05) is 6.42 Å². The Balaban J connectivity index is 2.20. The Morgan fingerprint density at radius 1 is 1.53 bits per heavy atom. The van der Waals surface area contributed by atoms with Crippen LogP contribution in [-0.4, -0.2) is 67.8 Å². The molecule has 19 heavy (non-hydrogen) atoms. The second kappa shape index (κ2) is 4.98. The summed E-state index contributed by atoms with van der Waals surface area (Å²) in [5.41, 5.74) is 0. The van der Waals surface area contributed by atoms with Gasteiger partial charge in [0.25, 0.3) is 0 Å². The van der Waals surface area contributed by atoms with Crippen LogP contribution in [0.3, 0.4) is 0 Å². The summed E-state index contributed by atoms with van der Waals surface area (Å²) in [6.45, 7) is 1.02. The smallest absolute Gasteiger partial charge is 0.328 e. The van der Waals surface area contributed by atoms with Gasteiger partial charge in [-0.3, -0.25) is 15.0 Å². The lowest BCUT2D eigenvalue weighted by Crippen LogP contribution is -2.68. The van der Waals surface area contributed by atoms with E-state index in [9.17, 15) is 19.8 Å². The van der Waals surface area contributed by atoms with Crippen molar-refractivity contribution >= 4 is 27.9 Å². The van der Waals surface area contributed by atoms with E-state index < -0.39 is 47.5 Å². The summed E-state index contributed by atoms with van der Waals surface area (Å²) in [7, 11) is 0. The SMILES string of the molecule is CC1(Br)C(=O)NC(=O)N([C@H]2C[C@H](O)[C@@H](CO)O2)[C@H]1O. The van der Waals surface area contributed by atoms with Crippen molar-refractivity contribution in [3.05, 3.63) is 0 Å². The average molecular weight is 339 g/mol. The Kier molecular flexibility index (Phi) is 3.85. The van der Waals surface area contributed by atoms with E-state index in [4.69, 9.17) is 9.84 Å². The number of aliphatic hydroxyl groups is 3. The van der Waals surface area contributed by atoms with E-state index in [1.54, 1.807) is 0 Å². The minimum Gasteiger partial charge on any atom is -0.394 e. The van der Waals surface area contributed by atoms with Gasteiger partial charge in [0.1, 0.15) is 16.7 Å². The van der Waals surface area contributed by atoms with Gasteiger partial charge in [-0.25, -0.2) is 4.79 Å². The van der Waals surface area contributed by atoms with Crippen LogP contribution in [0.25, 0.3) is 0 Å². The number of aliphatic hydroxyl groups excluding tert-OH is 3. The van der Waals surface area contributed by atoms with Crippen molar-refractivity contribution < 1.29 is 29.6 Å². The number of carbonyl (C=O) groups is 2. The molecule has 0 spiro atoms. The summed E-state index contributed by atoms with van der Waals surface area (Å²) >= 11 is 3.06. The molecule has 2 aliphatic rings. The van der Waals surface area contributed by atoms with Gasteiger partial charge < -0.3 is 20.1 Å². The molecule has 0 saturated carbocycles. The summed E-state index contributed by atoms with van der Waals surface area (Å²) in [6.07, 6.45) is -4.05. The molecule has 1 unspecified atom stereocenters. The highest BCUT2D eigenvalue weighted by atomic mass is 79.9. The lowest BCUT2D eigenvalue weighted by Gasteiger charge is -2.42. The summed E-state index contributed by atoms with van der Waals surface area (Å²) in [5, 5.41) is 30.8. The average Bonchev–Trinajstić information content (AvgIpc) is 2.68. The molecule has 0 aromatic heterocycles. The molecule has 0 radical (unpaired) electrons. The van der Waals surface area contributed by atoms with E-state index in [0.29, 0.717) is 0 Å². The normalized spacial score (nSPS) is 43.5. The number of hydrogen-bond acceptors (Lipinski definition) is 6. The highest BCUT2D eigenvalue weighted by Gasteiger charge is 2.53. The molecular weight excluding hydrogens is 324 g/mol. The van der Waals surface area contributed by atoms with Crippen LogP contribution in [0.1, 0.15) is 13.3 Å². The van der Waals surface area contributed by atoms with E-state index in [1.165, 1.54) is 6.92 Å². The van der Waals surface area contributed by atoms with Gasteiger partial charge in [-0.15, -0.1) is 0 Å². The molecular formula is C10H15BrN2O6. The lowest BCUT2D eigenvalue weighted by molar-refractivity contribution is -0.147. The van der Waals surface area contributed by atoms with Crippen molar-refractivity contribution in [1.82, 2.24) is 10.2 Å². The van der Waals surface area contributed by atoms with Crippen molar-refractivity contribution in [3.63, 3.8) is 0 Å². The van der Waals surface area contributed by atoms with Crippen LogP contribution in [0.4, 0.5) is 4.79 Å². The zero-order valence-electron chi connectivity index (χ0n) is 10.1. The monoisotopic (exact) mass is 338 g/mol. The Hall–Kier alpha value is -0.740. The predicted molar refractivity (Wildman–Crippen MR) is 65.1 cm³/mol. The molecule has 4 N–H and O–H groups in total. The molecule has 0 aromatic carbocycles. The molecule has 2 fully saturated rings. The number of nitrogens with zero attached hydrogens (tertiary/aromatic N) is 1. The maximum Gasteiger partial charge on any atom is 0.328 e. The maximum absolute atomic E-state index is 11.8. The maximum atomic E-state index is 11.8. The molecule has 2 heterocycles. The van der Waals surface area contributed by atoms with Gasteiger partial charge >= 0.3 is 6.03 Å². The van der Waals surface area contributed by atoms with Crippen molar-refractivity contribution in [2.45, 2.75) is 42.3 Å². The molecule has 5 atom stereocenters. The van der Waals surface area contributed by atoms with Gasteiger partial charge in [0.2, 0.25) is 5.91 Å². The second-order valence-electron chi connectivity index (χ2n) is 4.73. The number of carbonyl (C=O) groups excluding carboxylic acids is 2. The van der Waals surface area contributed by atoms with Crippen molar-refractivity contribution in [3.8, 4) is 0 Å². The number of rotatable bonds is 2. The Morgan fingerprint density at radius 2 is 2.16 bits per heavy atom. The molecule has 2 rings (SSSR count). The van der Waals surface area contributed by atoms with Crippen LogP contribution in [0, 0.1) is 0 Å². The topological polar surface area (TPSA) is 119 Å². The number of halogens is 1. The van der Waals surface area contributed by atoms with Crippen LogP contribution in [0.5, 0.6) is 0 Å². The largest absolute Gasteiger partial charge is 0.394 e. The lowest BCUT2D eigenvalue weighted by atomic mass is 10.1. The highest BCUT2D eigenvalue weighted by Crippen LogP contribution is 2.33. The fraction of sp³-hybridized carbons (Fsp3) is 0.800. The first-order valence-corrected chi connectivity index (χ1v) is 6.53. The standard InChI is InChI=1S/C10H15BrN2O6/c1-10(11)7(16)12-9(18)13(8(10)17)6-2-4(15)5(3-14)19-6/h4-6,8,14-15,17H,2-3H2,1H3,(H,12,16,18)/t4-,5+,6+,8-,10?/m0/s1. The zero-order chi connectivity index (χ0) is 14.4. The van der Waals surface area contributed by atoms with Crippen molar-refractivity contribution in [1.29, 1.82) is 0 Å². The van der Waals surface area contributed by atoms with Crippen LogP contribution in [-0.2, 0) is 9.53 Å². The van der Waals surface area contributed by atoms with Crippen molar-refractivity contribution in [2.75, 3.05) is 6.61 Å². The number of hydrogen-bond donors (Lipinski definition) is 4. The van der Waals surface area contributed by atoms with Crippen molar-refractivity contribution in [2.24, 2.45) is 0 Å². The highest BCUT2D eigenvalue weighted by molar-refractivity contribution is 9.10. The number of ether oxygens (including phenoxy) is 1. The third kappa shape index (κ3) is 2.36. The molecule has 9 heteroatoms. The van der Waals surface area contributed by atoms with E-state index in [1.807, 2.05) is 0 Å². The van der Waals surface area contributed by atoms with E-state index in [-0.39, 0.29) is 6.42 Å². The number of nitrogens with one attached hydrogen (secondary N) is 1. The molecule has 8 nitrogen and oxygen atoms in total. The van der Waals surface area contributed by atoms with Crippen LogP contribution in [0.15, 0.2) is 0 Å². The number of alkyl halides is 1. The fourth-order valence-corrected chi connectivity index (χ4v) is 2.43. The first-order chi connectivity index (χ1) is 8.78. The summed E-state index contributed by atoms with van der Waals surface area (Å²) in [5.74, 6) is -0.654. The number of urea groups is 1. The molecule has 0 aromatic rings. The second-order valence-corrected chi connectivity index (χ2v) is 6.38. The third-order valence-corrected chi connectivity index (χ3v) is 4.11. The van der Waals surface area contributed by atoms with Gasteiger partial charge in [-0.05, 0) is 6.92 Å². The molecule has 2 aliphatic heterocycles. The minimum atomic E-state index is -1.44. The van der Waals surface area contributed by atoms with E-state index in [0.717, 1.165) is 4.90 Å². The van der Waals surface area contributed by atoms with Crippen LogP contribution < -0.4 is 5.32 Å². The summed E-state index contributed by atoms with van der Waals surface area (Å²) < 4.78 is 3.94. The van der Waals surface area contributed by atoms with Crippen LogP contribution >= 0.6 is 15.9 Å². The van der Waals surface area contributed by atoms with Gasteiger partial charge in [-0.2, -0.15) is 0 Å². The molecule has 108 valence electrons. The van der Waals surface area contributed by atoms with Crippen LogP contribution in [0.2, 0.25) is 0 Å². The van der Waals surface area contributed by atoms with E-state index >= 15 is 0 Å². The molecule has 0 bridgehead atoms. The molecule has 0 aliphatic carbocycles. The summed E-state index contributed by atoms with van der Waals surface area (Å²) in [6, 6.07) is -0.801. The molecule has 3 amide bonds. The fourth-order valence-electron chi connectivity index (χ4n) is 2.11. The third-order valence-electron chi connectivity index (χ3n) is 3.34. The van der Waals surface area contributed by atoms with Gasteiger partial charge in [-0.1, -0.05) is 15.9 Å². The first-order valence-electron chi connectivity index (χ1n) is 5.74. The van der Waals surface area contributed by atoms with Gasteiger partial charge in [0.15, 0.2) is 6.23 Å². The predicted octanol–water partition coefficient (Wildman–Crippen LogP) is -1.52. The number of amides is 3. The zero-order valence-corrected chi connectivity index (χ0v) is 11.7. The number of imide groups is 1. The first kappa shape index (κ1) is 14.7. The Labute approximate surface area is 117 Å². The summed E-state index contributed by atoms with van der Waals surface area (Å²) in [4.78, 5) is 24.3. The Bertz CT molecular complexity index is 403. The minimum absolute atomic E-state index is 0.0486. The van der Waals surface area contributed by atoms with E-state index in [2.05, 4.69) is 21.2 Å². The quantitative estimate of drug-likeness (QED) is 0.454. The Morgan fingerprint density at radius 3 is 2.68 bits per heavy atom. The van der Waals surface area contributed by atoms with Gasteiger partial charge in [0.05, 0.1) is 12.7 Å². The molecule has 2 saturated heterocycles.